The van der Waals surface area contributed by atoms with Crippen molar-refractivity contribution in [2.24, 2.45) is 5.73 Å². The molecule has 3 rings (SSSR count). The summed E-state index contributed by atoms with van der Waals surface area (Å²) < 4.78 is 5.74. The normalized spacial score (nSPS) is 15.2. The number of amides is 1. The number of pyridine rings is 1. The Morgan fingerprint density at radius 2 is 1.88 bits per heavy atom. The number of carbonyl (C=O) groups excluding carboxylic acids is 1. The number of hydrogen-bond donors (Lipinski definition) is 1. The first kappa shape index (κ1) is 18.4. The Morgan fingerprint density at radius 3 is 2.46 bits per heavy atom. The highest BCUT2D eigenvalue weighted by Crippen LogP contribution is 2.25. The van der Waals surface area contributed by atoms with Gasteiger partial charge in [0, 0.05) is 24.8 Å². The molecular formula is C21H27N3O2. The zero-order chi connectivity index (χ0) is 18.4. The molecule has 0 atom stereocenters. The van der Waals surface area contributed by atoms with E-state index < -0.39 is 5.91 Å². The molecule has 0 bridgehead atoms. The maximum absolute atomic E-state index is 11.1. The zero-order valence-electron chi connectivity index (χ0n) is 15.4. The molecule has 1 fully saturated rings. The van der Waals surface area contributed by atoms with E-state index in [0.717, 1.165) is 24.9 Å². The van der Waals surface area contributed by atoms with Crippen molar-refractivity contribution in [1.29, 1.82) is 0 Å². The molecule has 1 heterocycles. The van der Waals surface area contributed by atoms with Crippen molar-refractivity contribution in [2.75, 3.05) is 6.54 Å². The van der Waals surface area contributed by atoms with Crippen LogP contribution >= 0.6 is 0 Å². The fraction of sp³-hybridized carbons (Fsp3) is 0.429. The van der Waals surface area contributed by atoms with Gasteiger partial charge >= 0.3 is 0 Å². The van der Waals surface area contributed by atoms with E-state index in [1.807, 2.05) is 12.1 Å². The van der Waals surface area contributed by atoms with Crippen LogP contribution in [0.4, 0.5) is 0 Å². The van der Waals surface area contributed by atoms with E-state index in [9.17, 15) is 4.79 Å². The first-order valence-electron chi connectivity index (χ1n) is 9.42. The van der Waals surface area contributed by atoms with Crippen LogP contribution in [0.2, 0.25) is 0 Å². The van der Waals surface area contributed by atoms with Crippen molar-refractivity contribution < 1.29 is 9.53 Å². The lowest BCUT2D eigenvalue weighted by molar-refractivity contribution is 0.1000. The molecule has 26 heavy (non-hydrogen) atoms. The molecule has 1 amide bonds. The highest BCUT2D eigenvalue weighted by Gasteiger charge is 2.19. The summed E-state index contributed by atoms with van der Waals surface area (Å²) in [5, 5.41) is 0. The number of carbonyl (C=O) groups is 1. The summed E-state index contributed by atoms with van der Waals surface area (Å²) in [5.74, 6) is 0.681. The second-order valence-corrected chi connectivity index (χ2v) is 6.85. The Balaban J connectivity index is 1.59. The van der Waals surface area contributed by atoms with Gasteiger partial charge in [-0.1, -0.05) is 38.3 Å². The van der Waals surface area contributed by atoms with Crippen LogP contribution in [0, 0.1) is 0 Å². The molecule has 0 aliphatic heterocycles. The molecule has 0 spiro atoms. The van der Waals surface area contributed by atoms with E-state index in [2.05, 4.69) is 28.9 Å². The van der Waals surface area contributed by atoms with E-state index in [4.69, 9.17) is 10.5 Å². The van der Waals surface area contributed by atoms with Crippen LogP contribution < -0.4 is 10.5 Å². The molecule has 5 nitrogen and oxygen atoms in total. The second kappa shape index (κ2) is 8.81. The van der Waals surface area contributed by atoms with Crippen molar-refractivity contribution in [1.82, 2.24) is 9.88 Å². The Hall–Kier alpha value is -2.40. The number of nitrogens with two attached hydrogens (primary N) is 1. The summed E-state index contributed by atoms with van der Waals surface area (Å²) in [6.07, 6.45) is 8.17. The third-order valence-corrected chi connectivity index (χ3v) is 5.05. The van der Waals surface area contributed by atoms with Gasteiger partial charge in [0.15, 0.2) is 0 Å². The molecule has 0 saturated heterocycles. The molecule has 2 aromatic rings. The highest BCUT2D eigenvalue weighted by atomic mass is 16.5. The van der Waals surface area contributed by atoms with Crippen molar-refractivity contribution in [3.8, 4) is 11.6 Å². The maximum atomic E-state index is 11.1. The first-order valence-corrected chi connectivity index (χ1v) is 9.42. The van der Waals surface area contributed by atoms with E-state index in [-0.39, 0.29) is 0 Å². The minimum Gasteiger partial charge on any atom is -0.439 e. The Morgan fingerprint density at radius 1 is 1.15 bits per heavy atom. The van der Waals surface area contributed by atoms with Gasteiger partial charge in [0.1, 0.15) is 5.75 Å². The molecule has 1 aliphatic rings. The number of rotatable bonds is 7. The standard InChI is InChI=1S/C21H27N3O2/c1-2-24(18-6-4-3-5-7-18)15-16-8-11-19(12-9-16)26-20-13-10-17(14-23-20)21(22)25/h8-14,18H,2-7,15H2,1H3,(H2,22,25). The summed E-state index contributed by atoms with van der Waals surface area (Å²) in [7, 11) is 0. The van der Waals surface area contributed by atoms with Gasteiger partial charge in [-0.2, -0.15) is 0 Å². The van der Waals surface area contributed by atoms with Gasteiger partial charge in [0.2, 0.25) is 11.8 Å². The van der Waals surface area contributed by atoms with Crippen molar-refractivity contribution in [2.45, 2.75) is 51.6 Å². The van der Waals surface area contributed by atoms with Crippen LogP contribution in [-0.4, -0.2) is 28.4 Å². The zero-order valence-corrected chi connectivity index (χ0v) is 15.4. The highest BCUT2D eigenvalue weighted by molar-refractivity contribution is 5.92. The average Bonchev–Trinajstić information content (AvgIpc) is 2.68. The lowest BCUT2D eigenvalue weighted by Crippen LogP contribution is -2.36. The van der Waals surface area contributed by atoms with E-state index in [1.165, 1.54) is 43.9 Å². The van der Waals surface area contributed by atoms with Gasteiger partial charge in [0.05, 0.1) is 5.56 Å². The Labute approximate surface area is 155 Å². The van der Waals surface area contributed by atoms with E-state index >= 15 is 0 Å². The monoisotopic (exact) mass is 353 g/mol. The number of primary amides is 1. The van der Waals surface area contributed by atoms with E-state index in [1.54, 1.807) is 12.1 Å². The molecular weight excluding hydrogens is 326 g/mol. The molecule has 138 valence electrons. The number of nitrogens with zero attached hydrogens (tertiary/aromatic N) is 2. The third-order valence-electron chi connectivity index (χ3n) is 5.05. The molecule has 0 unspecified atom stereocenters. The predicted molar refractivity (Wildman–Crippen MR) is 102 cm³/mol. The van der Waals surface area contributed by atoms with Gasteiger partial charge < -0.3 is 10.5 Å². The maximum Gasteiger partial charge on any atom is 0.250 e. The quantitative estimate of drug-likeness (QED) is 0.813. The summed E-state index contributed by atoms with van der Waals surface area (Å²) in [4.78, 5) is 17.8. The minimum absolute atomic E-state index is 0.370. The van der Waals surface area contributed by atoms with Crippen LogP contribution in [-0.2, 0) is 6.54 Å². The fourth-order valence-corrected chi connectivity index (χ4v) is 3.55. The Kier molecular flexibility index (Phi) is 6.23. The smallest absolute Gasteiger partial charge is 0.250 e. The fourth-order valence-electron chi connectivity index (χ4n) is 3.55. The van der Waals surface area contributed by atoms with Gasteiger partial charge in [-0.3, -0.25) is 9.69 Å². The number of hydrogen-bond acceptors (Lipinski definition) is 4. The Bertz CT molecular complexity index is 707. The molecule has 1 aromatic heterocycles. The van der Waals surface area contributed by atoms with Gasteiger partial charge in [-0.05, 0) is 43.1 Å². The lowest BCUT2D eigenvalue weighted by atomic mass is 9.94. The number of benzene rings is 1. The number of aromatic nitrogens is 1. The summed E-state index contributed by atoms with van der Waals surface area (Å²) >= 11 is 0. The first-order chi connectivity index (χ1) is 12.7. The lowest BCUT2D eigenvalue weighted by Gasteiger charge is -2.33. The van der Waals surface area contributed by atoms with E-state index in [0.29, 0.717) is 11.4 Å². The van der Waals surface area contributed by atoms with Crippen molar-refractivity contribution in [3.05, 3.63) is 53.7 Å². The molecule has 1 aliphatic carbocycles. The van der Waals surface area contributed by atoms with Crippen LogP contribution in [0.25, 0.3) is 0 Å². The topological polar surface area (TPSA) is 68.5 Å². The van der Waals surface area contributed by atoms with Gasteiger partial charge in [0.25, 0.3) is 0 Å². The largest absolute Gasteiger partial charge is 0.439 e. The molecule has 1 saturated carbocycles. The molecule has 5 heteroatoms. The SMILES string of the molecule is CCN(Cc1ccc(Oc2ccc(C(N)=O)cn2)cc1)C1CCCCC1. The molecule has 0 radical (unpaired) electrons. The molecule has 1 aromatic carbocycles. The van der Waals surface area contributed by atoms with Crippen LogP contribution in [0.1, 0.15) is 54.9 Å². The average molecular weight is 353 g/mol. The van der Waals surface area contributed by atoms with Gasteiger partial charge in [-0.25, -0.2) is 4.98 Å². The summed E-state index contributed by atoms with van der Waals surface area (Å²) in [6.45, 7) is 4.31. The summed E-state index contributed by atoms with van der Waals surface area (Å²) in [5.41, 5.74) is 6.88. The summed E-state index contributed by atoms with van der Waals surface area (Å²) in [6, 6.07) is 12.1. The van der Waals surface area contributed by atoms with Crippen LogP contribution in [0.15, 0.2) is 42.6 Å². The van der Waals surface area contributed by atoms with Gasteiger partial charge in [-0.15, -0.1) is 0 Å². The number of ether oxygens (including phenoxy) is 1. The van der Waals surface area contributed by atoms with Crippen molar-refractivity contribution >= 4 is 5.91 Å². The minimum atomic E-state index is -0.494. The molecule has 2 N–H and O–H groups in total. The third kappa shape index (κ3) is 4.82. The second-order valence-electron chi connectivity index (χ2n) is 6.85. The van der Waals surface area contributed by atoms with Crippen LogP contribution in [0.3, 0.4) is 0 Å². The van der Waals surface area contributed by atoms with Crippen LogP contribution in [0.5, 0.6) is 11.6 Å². The van der Waals surface area contributed by atoms with Crippen molar-refractivity contribution in [3.63, 3.8) is 0 Å². The predicted octanol–water partition coefficient (Wildman–Crippen LogP) is 4.13.